The van der Waals surface area contributed by atoms with Crippen molar-refractivity contribution < 1.29 is 87.4 Å². The summed E-state index contributed by atoms with van der Waals surface area (Å²) in [6.07, 6.45) is 48.0. The highest BCUT2D eigenvalue weighted by atomic mass is 35.5. The Hall–Kier alpha value is -6.42. The second kappa shape index (κ2) is 54.4. The lowest BCUT2D eigenvalue weighted by Crippen LogP contribution is -2.43. The summed E-state index contributed by atoms with van der Waals surface area (Å²) in [4.78, 5) is 129. The van der Waals surface area contributed by atoms with Crippen molar-refractivity contribution in [2.45, 2.75) is 334 Å². The third kappa shape index (κ3) is 35.9. The molecule has 13 rings (SSSR count). The van der Waals surface area contributed by atoms with Crippen molar-refractivity contribution in [3.05, 3.63) is 23.5 Å². The van der Waals surface area contributed by atoms with Gasteiger partial charge in [-0.3, -0.25) is 38.6 Å². The Balaban J connectivity index is 0.000000324. The number of carbonyl (C=O) groups excluding carboxylic acids is 7. The standard InChI is InChI=1S/C12H19NO4.2C10H17N.3C9H15NO2.C9H13NO2.2C6H10ClNO3.2CH4/c1-8(14)13-10(12(16)17-2)7-9-5-3-4-6-11(9)15;2*1-2-6-10(7-3-1)11-8-4-5-9-11;4*11-9(12)8-5-6-3-1-2-4-7(6)10-8;2*1-4(9)8-5(3-7)6(10)11-2;;/h9-10H,3-7H2,1-2H3,(H,13,14);2*6H,1-5,7-9H2;3*6-8,10H,1-5H2,(H,11,12);6,8H,1-5H2,(H,11,12);2*5H,3H2,1-2H3,(H,8,9);2*1H4. The maximum absolute atomic E-state index is 11.7. The first kappa shape index (κ1) is 98.8. The van der Waals surface area contributed by atoms with E-state index >= 15 is 0 Å². The van der Waals surface area contributed by atoms with Crippen LogP contribution in [0.3, 0.4) is 0 Å². The Morgan fingerprint density at radius 3 is 1.11 bits per heavy atom. The minimum atomic E-state index is -0.753. The van der Waals surface area contributed by atoms with Crippen molar-refractivity contribution in [3.63, 3.8) is 0 Å². The number of nitrogens with one attached hydrogen (secondary N) is 6. The fourth-order valence-electron chi connectivity index (χ4n) is 17.2. The number of ketones is 1. The van der Waals surface area contributed by atoms with E-state index in [4.69, 9.17) is 43.6 Å². The van der Waals surface area contributed by atoms with Gasteiger partial charge in [0.2, 0.25) is 17.7 Å². The Bertz CT molecular complexity index is 2770. The molecule has 0 bridgehead atoms. The van der Waals surface area contributed by atoms with Crippen LogP contribution in [0.4, 0.5) is 0 Å². The topological polar surface area (TPSA) is 387 Å². The first-order valence-corrected chi connectivity index (χ1v) is 41.7. The number of hydrogen-bond donors (Lipinski definition) is 10. The summed E-state index contributed by atoms with van der Waals surface area (Å²) < 4.78 is 13.4. The van der Waals surface area contributed by atoms with Gasteiger partial charge in [-0.05, 0) is 203 Å². The molecule has 0 aromatic rings. The second-order valence-corrected chi connectivity index (χ2v) is 31.7. The molecule has 0 spiro atoms. The number of fused-ring (bicyclic) bond motifs is 4. The molecule has 3 amide bonds. The molecule has 111 heavy (non-hydrogen) atoms. The van der Waals surface area contributed by atoms with Gasteiger partial charge in [0.1, 0.15) is 48.1 Å². The van der Waals surface area contributed by atoms with Crippen molar-refractivity contribution >= 4 is 94.2 Å². The lowest BCUT2D eigenvalue weighted by molar-refractivity contribution is -0.146. The maximum atomic E-state index is 11.7. The highest BCUT2D eigenvalue weighted by Crippen LogP contribution is 2.37. The second-order valence-electron chi connectivity index (χ2n) is 31.0. The average Bonchev–Trinajstić information content (AvgIpc) is 1.72. The molecule has 6 heterocycles. The molecule has 13 aliphatic rings. The Kier molecular flexibility index (Phi) is 48.4. The van der Waals surface area contributed by atoms with E-state index in [0.29, 0.717) is 54.6 Å². The number of alkyl halides is 2. The number of carbonyl (C=O) groups is 11. The van der Waals surface area contributed by atoms with Gasteiger partial charge in [-0.1, -0.05) is 78.4 Å². The van der Waals surface area contributed by atoms with Crippen molar-refractivity contribution in [1.29, 1.82) is 0 Å². The van der Waals surface area contributed by atoms with E-state index in [1.165, 1.54) is 241 Å². The number of halogens is 2. The van der Waals surface area contributed by atoms with Gasteiger partial charge in [0.15, 0.2) is 0 Å². The quantitative estimate of drug-likeness (QED) is 0.0390. The molecule has 0 radical (unpaired) electrons. The summed E-state index contributed by atoms with van der Waals surface area (Å²) in [5.74, 6) is -2.71. The lowest BCUT2D eigenvalue weighted by atomic mass is 9.83. The fourth-order valence-corrected chi connectivity index (χ4v) is 17.6. The van der Waals surface area contributed by atoms with Crippen LogP contribution in [0.1, 0.15) is 273 Å². The van der Waals surface area contributed by atoms with Crippen LogP contribution in [0.25, 0.3) is 0 Å². The van der Waals surface area contributed by atoms with E-state index in [1.54, 1.807) is 11.4 Å². The van der Waals surface area contributed by atoms with E-state index in [9.17, 15) is 52.7 Å². The molecule has 10 N–H and O–H groups in total. The van der Waals surface area contributed by atoms with Gasteiger partial charge in [-0.25, -0.2) is 19.2 Å². The number of carboxylic acids is 4. The number of Topliss-reactive ketones (excluding diaryl/α,β-unsaturated/α-hetero) is 1. The van der Waals surface area contributed by atoms with Crippen LogP contribution in [0.2, 0.25) is 0 Å². The van der Waals surface area contributed by atoms with Gasteiger partial charge >= 0.3 is 41.8 Å². The molecule has 15 atom stereocenters. The Morgan fingerprint density at radius 1 is 0.450 bits per heavy atom. The van der Waals surface area contributed by atoms with E-state index in [1.807, 2.05) is 0 Å². The number of likely N-dealkylation sites (tertiary alicyclic amines) is 2. The van der Waals surface area contributed by atoms with Crippen molar-refractivity contribution in [2.75, 3.05) is 59.3 Å². The summed E-state index contributed by atoms with van der Waals surface area (Å²) in [6.45, 7) is 9.26. The molecule has 0 aromatic carbocycles. The van der Waals surface area contributed by atoms with Crippen molar-refractivity contribution in [1.82, 2.24) is 41.7 Å². The van der Waals surface area contributed by atoms with Gasteiger partial charge < -0.3 is 76.3 Å². The molecule has 0 aromatic heterocycles. The Labute approximate surface area is 671 Å². The summed E-state index contributed by atoms with van der Waals surface area (Å²) >= 11 is 10.7. The molecule has 6 aliphatic heterocycles. The normalized spacial score (nSPS) is 27.7. The van der Waals surface area contributed by atoms with Gasteiger partial charge in [0.05, 0.1) is 33.1 Å². The first-order valence-electron chi connectivity index (χ1n) is 40.6. The van der Waals surface area contributed by atoms with Crippen LogP contribution in [-0.4, -0.2) is 221 Å². The molecule has 634 valence electrons. The molecule has 15 unspecified atom stereocenters. The number of carboxylic acid groups (broad SMARTS) is 4. The summed E-state index contributed by atoms with van der Waals surface area (Å²) in [5, 5.41) is 51.9. The molecule has 5 saturated carbocycles. The van der Waals surface area contributed by atoms with E-state index < -0.39 is 66.0 Å². The van der Waals surface area contributed by atoms with E-state index in [2.05, 4.69) is 73.1 Å². The van der Waals surface area contributed by atoms with Gasteiger partial charge in [-0.15, -0.1) is 23.2 Å². The zero-order chi connectivity index (χ0) is 79.8. The lowest BCUT2D eigenvalue weighted by Gasteiger charge is -2.24. The smallest absolute Gasteiger partial charge is 0.329 e. The molecule has 7 aliphatic carbocycles. The largest absolute Gasteiger partial charge is 0.480 e. The molecule has 10 fully saturated rings. The SMILES string of the molecule is C.C.C1=C(N2CCCC2)CCCC1.C1=C(N2CCCC2)CCCC1.COC(=O)C(CC1CCCCC1=O)NC(C)=O.COC(=O)C(CCl)NC(C)=O.COC(=O)C(CCl)NC(C)=O.O=C(O)C1CC2CCCCC2=N1.O=C(O)C1CC2CCCCC2N1.O=C(O)C1CC2CCCCC2N1.O=C(O)C1CC2CCCCC2N1. The monoisotopic (exact) mass is 1610 g/mol. The number of amides is 3. The summed E-state index contributed by atoms with van der Waals surface area (Å²) in [7, 11) is 3.76. The minimum absolute atomic E-state index is 0. The van der Waals surface area contributed by atoms with Crippen LogP contribution < -0.4 is 31.9 Å². The molecular weight excluding hydrogens is 1470 g/mol. The van der Waals surface area contributed by atoms with E-state index in [0.717, 1.165) is 57.8 Å². The van der Waals surface area contributed by atoms with Crippen molar-refractivity contribution in [2.24, 2.45) is 34.6 Å². The van der Waals surface area contributed by atoms with E-state index in [-0.39, 0.29) is 74.2 Å². The number of aliphatic imine (C=N–C) groups is 1. The van der Waals surface area contributed by atoms with Gasteiger partial charge in [0.25, 0.3) is 0 Å². The van der Waals surface area contributed by atoms with Crippen LogP contribution in [0.5, 0.6) is 0 Å². The fraction of sp³-hybridized carbons (Fsp3) is 0.805. The molecule has 27 nitrogen and oxygen atoms in total. The van der Waals surface area contributed by atoms with Crippen molar-refractivity contribution in [3.8, 4) is 0 Å². The zero-order valence-corrected chi connectivity index (χ0v) is 67.3. The summed E-state index contributed by atoms with van der Waals surface area (Å²) in [6, 6.07) is -1.90. The molecule has 5 saturated heterocycles. The number of ether oxygens (including phenoxy) is 3. The predicted octanol–water partition coefficient (Wildman–Crippen LogP) is 11.4. The number of allylic oxidation sites excluding steroid dienone is 4. The van der Waals surface area contributed by atoms with Crippen LogP contribution in [0, 0.1) is 29.6 Å². The highest BCUT2D eigenvalue weighted by Gasteiger charge is 2.41. The predicted molar refractivity (Wildman–Crippen MR) is 430 cm³/mol. The number of nitrogens with zero attached hydrogens (tertiary/aromatic N) is 3. The molecular formula is C82H139Cl2N9O18. The number of methoxy groups -OCH3 is 3. The van der Waals surface area contributed by atoms with Gasteiger partial charge in [0, 0.05) is 94.5 Å². The third-order valence-electron chi connectivity index (χ3n) is 23.0. The molecule has 29 heteroatoms. The number of aliphatic carboxylic acids is 4. The average molecular weight is 1610 g/mol. The number of hydrogen-bond acceptors (Lipinski definition) is 20. The minimum Gasteiger partial charge on any atom is -0.480 e. The number of rotatable bonds is 16. The number of esters is 3. The van der Waals surface area contributed by atoms with Gasteiger partial charge in [-0.2, -0.15) is 0 Å². The van der Waals surface area contributed by atoms with Crippen LogP contribution in [-0.2, 0) is 67.0 Å². The Morgan fingerprint density at radius 2 is 0.793 bits per heavy atom. The third-order valence-corrected chi connectivity index (χ3v) is 23.6. The van der Waals surface area contributed by atoms with Crippen LogP contribution >= 0.6 is 23.2 Å². The van der Waals surface area contributed by atoms with Crippen LogP contribution in [0.15, 0.2) is 28.5 Å². The first-order chi connectivity index (χ1) is 52.3. The maximum Gasteiger partial charge on any atom is 0.329 e. The zero-order valence-electron chi connectivity index (χ0n) is 65.8. The highest BCUT2D eigenvalue weighted by molar-refractivity contribution is 6.20. The summed E-state index contributed by atoms with van der Waals surface area (Å²) in [5.41, 5.74) is 4.47.